The summed E-state index contributed by atoms with van der Waals surface area (Å²) in [6, 6.07) is 5.80. The minimum absolute atomic E-state index is 0.0471. The summed E-state index contributed by atoms with van der Waals surface area (Å²) in [6.45, 7) is 0.422. The van der Waals surface area contributed by atoms with Gasteiger partial charge in [0.05, 0.1) is 30.6 Å². The first-order chi connectivity index (χ1) is 15.6. The van der Waals surface area contributed by atoms with Crippen LogP contribution in [0.15, 0.2) is 24.4 Å². The van der Waals surface area contributed by atoms with Crippen LogP contribution in [-0.2, 0) is 18.4 Å². The number of nitrogens with zero attached hydrogens (tertiary/aromatic N) is 6. The zero-order valence-corrected chi connectivity index (χ0v) is 17.8. The molecule has 4 bridgehead atoms. The van der Waals surface area contributed by atoms with E-state index in [-0.39, 0.29) is 18.1 Å². The number of ether oxygens (including phenoxy) is 1. The molecular formula is C21H23N9O2. The maximum Gasteiger partial charge on any atom is 0.257 e. The molecule has 1 aliphatic heterocycles. The number of fused-ring (bicyclic) bond motifs is 6. The van der Waals surface area contributed by atoms with Crippen LogP contribution in [0.1, 0.15) is 35.2 Å². The van der Waals surface area contributed by atoms with Gasteiger partial charge in [-0.3, -0.25) is 4.79 Å². The summed E-state index contributed by atoms with van der Waals surface area (Å²) in [5.41, 5.74) is 4.16. The second kappa shape index (κ2) is 7.16. The van der Waals surface area contributed by atoms with E-state index in [4.69, 9.17) is 9.72 Å². The average molecular weight is 433 g/mol. The molecule has 11 nitrogen and oxygen atoms in total. The lowest BCUT2D eigenvalue weighted by atomic mass is 10.1. The van der Waals surface area contributed by atoms with E-state index in [2.05, 4.69) is 31.2 Å². The molecule has 3 aromatic heterocycles. The smallest absolute Gasteiger partial charge is 0.257 e. The molecular weight excluding hydrogens is 410 g/mol. The third-order valence-electron chi connectivity index (χ3n) is 6.12. The van der Waals surface area contributed by atoms with Gasteiger partial charge in [-0.1, -0.05) is 0 Å². The van der Waals surface area contributed by atoms with Gasteiger partial charge in [0.2, 0.25) is 0 Å². The Kier molecular flexibility index (Phi) is 4.25. The number of hydrogen-bond donors (Lipinski definition) is 3. The normalized spacial score (nSPS) is 20.8. The maximum absolute atomic E-state index is 13.1. The Balaban J connectivity index is 1.56. The van der Waals surface area contributed by atoms with E-state index >= 15 is 0 Å². The van der Waals surface area contributed by atoms with Crippen molar-refractivity contribution in [3.05, 3.63) is 35.5 Å². The fourth-order valence-corrected chi connectivity index (χ4v) is 4.60. The Morgan fingerprint density at radius 1 is 1.22 bits per heavy atom. The van der Waals surface area contributed by atoms with Crippen molar-refractivity contribution in [2.75, 3.05) is 17.7 Å². The largest absolute Gasteiger partial charge is 0.373 e. The number of nitrogens with one attached hydrogen (secondary N) is 3. The van der Waals surface area contributed by atoms with Crippen LogP contribution in [0.2, 0.25) is 0 Å². The summed E-state index contributed by atoms with van der Waals surface area (Å²) < 4.78 is 7.88. The molecule has 0 radical (unpaired) electrons. The topological polar surface area (TPSA) is 123 Å². The van der Waals surface area contributed by atoms with Crippen LogP contribution >= 0.6 is 0 Å². The number of carbonyl (C=O) groups excluding carboxylic acids is 1. The van der Waals surface area contributed by atoms with Crippen LogP contribution in [0, 0.1) is 0 Å². The molecule has 4 aromatic rings. The second-order valence-corrected chi connectivity index (χ2v) is 8.26. The first kappa shape index (κ1) is 19.0. The lowest BCUT2D eigenvalue weighted by Crippen LogP contribution is -2.41. The summed E-state index contributed by atoms with van der Waals surface area (Å²) >= 11 is 0. The maximum atomic E-state index is 13.1. The van der Waals surface area contributed by atoms with E-state index in [1.54, 1.807) is 29.6 Å². The van der Waals surface area contributed by atoms with E-state index < -0.39 is 0 Å². The summed E-state index contributed by atoms with van der Waals surface area (Å²) in [7, 11) is 3.60. The number of rotatable bonds is 1. The standard InChI is InChI=1S/C21H23N9O2/c1-22-18-8-17-24-14-6-11(7-15-19(14)28-29(2)27-15)10-32-16-5-3-4-13(16)25-21(31)12-9-23-30(18)20(12)26-17/h6-9,13,16,22H,3-5,10H2,1-2H3,(H,24,26)(H,25,31)/t13-,16+/m1/s1. The average Bonchev–Trinajstić information content (AvgIpc) is 3.49. The van der Waals surface area contributed by atoms with Crippen molar-refractivity contribution in [3.8, 4) is 0 Å². The van der Waals surface area contributed by atoms with Crippen molar-refractivity contribution >= 4 is 39.9 Å². The lowest BCUT2D eigenvalue weighted by molar-refractivity contribution is 0.0273. The quantitative estimate of drug-likeness (QED) is 0.416. The highest BCUT2D eigenvalue weighted by molar-refractivity contribution is 6.00. The molecule has 0 spiro atoms. The van der Waals surface area contributed by atoms with Gasteiger partial charge >= 0.3 is 0 Å². The SMILES string of the molecule is CNc1cc2nc3c(cnn13)C(=O)N[C@@H]1CCC[C@@H]1OCc1cc(c3nn(C)nc3c1)N2. The Bertz CT molecular complexity index is 1360. The van der Waals surface area contributed by atoms with Gasteiger partial charge in [0.15, 0.2) is 5.65 Å². The fourth-order valence-electron chi connectivity index (χ4n) is 4.60. The van der Waals surface area contributed by atoms with Crippen LogP contribution < -0.4 is 16.0 Å². The van der Waals surface area contributed by atoms with Gasteiger partial charge in [-0.25, -0.2) is 4.98 Å². The van der Waals surface area contributed by atoms with Gasteiger partial charge < -0.3 is 20.7 Å². The van der Waals surface area contributed by atoms with Crippen LogP contribution in [0.3, 0.4) is 0 Å². The van der Waals surface area contributed by atoms with E-state index in [1.165, 1.54) is 0 Å². The number of hydrogen-bond acceptors (Lipinski definition) is 8. The van der Waals surface area contributed by atoms with Gasteiger partial charge in [0.25, 0.3) is 5.91 Å². The third kappa shape index (κ3) is 3.04. The number of anilines is 3. The Hall–Kier alpha value is -3.73. The molecule has 2 aliphatic rings. The molecule has 1 saturated carbocycles. The molecule has 1 fully saturated rings. The van der Waals surface area contributed by atoms with Crippen LogP contribution in [0.25, 0.3) is 16.7 Å². The summed E-state index contributed by atoms with van der Waals surface area (Å²) in [4.78, 5) is 19.4. The minimum atomic E-state index is -0.195. The predicted octanol–water partition coefficient (Wildman–Crippen LogP) is 1.98. The molecule has 1 amide bonds. The molecule has 164 valence electrons. The number of aryl methyl sites for hydroxylation is 1. The Morgan fingerprint density at radius 3 is 3.00 bits per heavy atom. The minimum Gasteiger partial charge on any atom is -0.373 e. The Morgan fingerprint density at radius 2 is 2.12 bits per heavy atom. The molecule has 4 heterocycles. The molecule has 6 rings (SSSR count). The van der Waals surface area contributed by atoms with E-state index in [0.29, 0.717) is 29.5 Å². The fraction of sp³-hybridized carbons (Fsp3) is 0.381. The summed E-state index contributed by atoms with van der Waals surface area (Å²) in [6.07, 6.45) is 4.30. The Labute approximate surface area is 183 Å². The van der Waals surface area contributed by atoms with Crippen LogP contribution in [-0.4, -0.2) is 54.7 Å². The van der Waals surface area contributed by atoms with Crippen molar-refractivity contribution in [2.24, 2.45) is 7.05 Å². The molecule has 1 aliphatic carbocycles. The van der Waals surface area contributed by atoms with Crippen molar-refractivity contribution in [1.29, 1.82) is 0 Å². The van der Waals surface area contributed by atoms with Crippen molar-refractivity contribution in [1.82, 2.24) is 34.9 Å². The van der Waals surface area contributed by atoms with Crippen molar-refractivity contribution < 1.29 is 9.53 Å². The van der Waals surface area contributed by atoms with Crippen molar-refractivity contribution in [2.45, 2.75) is 38.0 Å². The molecule has 1 aromatic carbocycles. The van der Waals surface area contributed by atoms with E-state index in [1.807, 2.05) is 18.2 Å². The lowest BCUT2D eigenvalue weighted by Gasteiger charge is -2.22. The van der Waals surface area contributed by atoms with E-state index in [0.717, 1.165) is 41.5 Å². The zero-order valence-electron chi connectivity index (χ0n) is 17.8. The molecule has 32 heavy (non-hydrogen) atoms. The highest BCUT2D eigenvalue weighted by atomic mass is 16.5. The number of benzene rings is 1. The number of carbonyl (C=O) groups is 1. The van der Waals surface area contributed by atoms with E-state index in [9.17, 15) is 4.79 Å². The summed E-state index contributed by atoms with van der Waals surface area (Å²) in [5.74, 6) is 1.08. The first-order valence-electron chi connectivity index (χ1n) is 10.7. The van der Waals surface area contributed by atoms with Gasteiger partial charge in [0, 0.05) is 20.2 Å². The molecule has 2 atom stereocenters. The molecule has 3 N–H and O–H groups in total. The predicted molar refractivity (Wildman–Crippen MR) is 118 cm³/mol. The van der Waals surface area contributed by atoms with Crippen LogP contribution in [0.4, 0.5) is 17.3 Å². The highest BCUT2D eigenvalue weighted by Gasteiger charge is 2.31. The molecule has 0 unspecified atom stereocenters. The number of aromatic nitrogens is 6. The number of amides is 1. The highest BCUT2D eigenvalue weighted by Crippen LogP contribution is 2.30. The molecule has 0 saturated heterocycles. The second-order valence-electron chi connectivity index (χ2n) is 8.26. The van der Waals surface area contributed by atoms with Gasteiger partial charge in [0.1, 0.15) is 28.2 Å². The zero-order chi connectivity index (χ0) is 21.8. The van der Waals surface area contributed by atoms with Gasteiger partial charge in [-0.15, -0.1) is 0 Å². The van der Waals surface area contributed by atoms with Crippen LogP contribution in [0.5, 0.6) is 0 Å². The monoisotopic (exact) mass is 433 g/mol. The van der Waals surface area contributed by atoms with Gasteiger partial charge in [-0.2, -0.15) is 24.6 Å². The van der Waals surface area contributed by atoms with Gasteiger partial charge in [-0.05, 0) is 37.0 Å². The molecule has 11 heteroatoms. The van der Waals surface area contributed by atoms with Crippen molar-refractivity contribution in [3.63, 3.8) is 0 Å². The summed E-state index contributed by atoms with van der Waals surface area (Å²) in [5, 5.41) is 23.0. The third-order valence-corrected chi connectivity index (χ3v) is 6.12. The first-order valence-corrected chi connectivity index (χ1v) is 10.7.